The van der Waals surface area contributed by atoms with Gasteiger partial charge < -0.3 is 16.5 Å². The minimum atomic E-state index is -2.27. The Morgan fingerprint density at radius 1 is 0.267 bits per heavy atom. The van der Waals surface area contributed by atoms with Gasteiger partial charge in [0.25, 0.3) is 0 Å². The van der Waals surface area contributed by atoms with Crippen molar-refractivity contribution in [2.75, 3.05) is 0 Å². The molecule has 0 aromatic heterocycles. The van der Waals surface area contributed by atoms with Gasteiger partial charge in [-0.3, -0.25) is 9.59 Å². The second-order valence-corrected chi connectivity index (χ2v) is 53.9. The molecular formula is C46H56O6Si8. The normalized spacial score (nSPS) is 23.5. The van der Waals surface area contributed by atoms with E-state index in [1.807, 2.05) is 24.3 Å². The number of benzene rings is 6. The van der Waals surface area contributed by atoms with Gasteiger partial charge in [0.2, 0.25) is 66.5 Å². The quantitative estimate of drug-likeness (QED) is 0.128. The van der Waals surface area contributed by atoms with Crippen LogP contribution in [-0.2, 0) is 16.5 Å². The van der Waals surface area contributed by atoms with Crippen LogP contribution < -0.4 is 41.5 Å². The summed E-state index contributed by atoms with van der Waals surface area (Å²) in [6.07, 6.45) is 0. The number of carbonyl (C=O) groups excluding carboxylic acids is 2. The largest absolute Gasteiger partial charge is 0.449 e. The number of fused-ring (bicyclic) bond motifs is 16. The maximum Gasteiger partial charge on any atom is 0.206 e. The van der Waals surface area contributed by atoms with Crippen LogP contribution in [0.15, 0.2) is 48.5 Å². The van der Waals surface area contributed by atoms with Gasteiger partial charge in [-0.25, -0.2) is 0 Å². The fourth-order valence-corrected chi connectivity index (χ4v) is 60.7. The second kappa shape index (κ2) is 11.3. The van der Waals surface area contributed by atoms with Crippen molar-refractivity contribution in [2.45, 2.75) is 105 Å². The Hall–Kier alpha value is -2.72. The van der Waals surface area contributed by atoms with Crippen molar-refractivity contribution < 1.29 is 26.0 Å². The van der Waals surface area contributed by atoms with E-state index in [2.05, 4.69) is 129 Å². The molecule has 6 aromatic rings. The molecule has 14 heteroatoms. The topological polar surface area (TPSA) is 71.1 Å². The maximum atomic E-state index is 14.9. The zero-order valence-electron chi connectivity index (χ0n) is 38.1. The van der Waals surface area contributed by atoms with E-state index in [4.69, 9.17) is 16.5 Å². The summed E-state index contributed by atoms with van der Waals surface area (Å²) >= 11 is 0. The van der Waals surface area contributed by atoms with Crippen LogP contribution in [0, 0.1) is 0 Å². The van der Waals surface area contributed by atoms with Gasteiger partial charge >= 0.3 is 0 Å². The molecule has 4 heterocycles. The molecule has 0 saturated carbocycles. The molecule has 0 atom stereocenters. The highest BCUT2D eigenvalue weighted by molar-refractivity contribution is 7.16. The lowest BCUT2D eigenvalue weighted by atomic mass is 9.81. The number of hydrogen-bond acceptors (Lipinski definition) is 6. The number of rotatable bonds is 0. The van der Waals surface area contributed by atoms with Gasteiger partial charge in [0.05, 0.1) is 0 Å². The summed E-state index contributed by atoms with van der Waals surface area (Å²) in [5.74, 6) is -0.158. The number of ketones is 2. The van der Waals surface area contributed by atoms with E-state index in [1.54, 1.807) is 0 Å². The fourth-order valence-electron chi connectivity index (χ4n) is 13.5. The first-order valence-electron chi connectivity index (χ1n) is 21.7. The molecule has 11 rings (SSSR count). The van der Waals surface area contributed by atoms with Crippen LogP contribution in [0.25, 0.3) is 43.1 Å². The smallest absolute Gasteiger partial charge is 0.206 e. The Kier molecular flexibility index (Phi) is 7.56. The Morgan fingerprint density at radius 2 is 0.433 bits per heavy atom. The predicted molar refractivity (Wildman–Crippen MR) is 271 cm³/mol. The molecule has 4 aliphatic heterocycles. The average Bonchev–Trinajstić information content (AvgIpc) is 3.60. The lowest BCUT2D eigenvalue weighted by Crippen LogP contribution is -2.64. The Bertz CT molecular complexity index is 2740. The van der Waals surface area contributed by atoms with Crippen LogP contribution in [0.4, 0.5) is 0 Å². The van der Waals surface area contributed by atoms with Gasteiger partial charge in [0.1, 0.15) is 0 Å². The van der Waals surface area contributed by atoms with Gasteiger partial charge in [-0.1, -0.05) is 0 Å². The summed E-state index contributed by atoms with van der Waals surface area (Å²) in [6, 6.07) is 17.3. The first kappa shape index (κ1) is 40.1. The molecule has 0 amide bonds. The fraction of sp³-hybridized carbons (Fsp3) is 0.348. The van der Waals surface area contributed by atoms with Crippen molar-refractivity contribution in [3.8, 4) is 0 Å². The third-order valence-corrected chi connectivity index (χ3v) is 46.2. The van der Waals surface area contributed by atoms with Crippen molar-refractivity contribution in [1.29, 1.82) is 0 Å². The third kappa shape index (κ3) is 4.96. The van der Waals surface area contributed by atoms with E-state index >= 15 is 0 Å². The minimum Gasteiger partial charge on any atom is -0.449 e. The highest BCUT2D eigenvalue weighted by Crippen LogP contribution is 2.39. The van der Waals surface area contributed by atoms with Crippen LogP contribution in [0.2, 0.25) is 105 Å². The van der Waals surface area contributed by atoms with Gasteiger partial charge in [0, 0.05) is 22.3 Å². The van der Waals surface area contributed by atoms with Gasteiger partial charge in [0.15, 0.2) is 11.6 Å². The van der Waals surface area contributed by atoms with Crippen molar-refractivity contribution in [3.05, 3.63) is 70.8 Å². The summed E-state index contributed by atoms with van der Waals surface area (Å²) < 4.78 is 28.7. The number of hydrogen-bond donors (Lipinski definition) is 0. The molecule has 0 fully saturated rings. The van der Waals surface area contributed by atoms with E-state index in [0.29, 0.717) is 22.3 Å². The zero-order valence-corrected chi connectivity index (χ0v) is 46.1. The summed E-state index contributed by atoms with van der Waals surface area (Å²) in [5, 5.41) is 20.7. The van der Waals surface area contributed by atoms with E-state index in [9.17, 15) is 9.59 Å². The standard InChI is InChI=1S/C46H56O6Si8/c1-53(2)39-33-21-25-17-29-30(18-26(25)22-34(33)40-44(43(39)57(9,10)49-53)58(11,12)50-54(40,3)4)38(48)32-20-28-24-36-35(23-27(28)19-31(32)37(29)47)41-45(59(13,14)51-55(41,5)6)46-42(36)56(7,8)52-60(46,15)16/h17-24H,1-16H3. The SMILES string of the molecule is C[Si]1(C)O[Si](C)(C)c2c1c1c(c3cc4cc5c(cc4cc23)C(=O)c2cc3cc4c6c(c7c(c4cc3cc2C5=O)[Si](C)(C)O[Si]7(C)C)[Si](C)(C)O[Si]6(C)C)[Si](C)(C)O[Si]1(C)C. The van der Waals surface area contributed by atoms with Crippen molar-refractivity contribution in [1.82, 2.24) is 0 Å². The summed E-state index contributed by atoms with van der Waals surface area (Å²) in [6.45, 7) is 37.9. The Balaban J connectivity index is 1.16. The lowest BCUT2D eigenvalue weighted by molar-refractivity contribution is 0.0979. The van der Waals surface area contributed by atoms with Gasteiger partial charge in [-0.2, -0.15) is 0 Å². The van der Waals surface area contributed by atoms with Crippen LogP contribution in [-0.4, -0.2) is 78.1 Å². The molecule has 5 aliphatic rings. The molecule has 0 unspecified atom stereocenters. The molecule has 0 saturated heterocycles. The summed E-state index contributed by atoms with van der Waals surface area (Å²) in [4.78, 5) is 29.7. The highest BCUT2D eigenvalue weighted by atomic mass is 28.4. The van der Waals surface area contributed by atoms with Gasteiger partial charge in [-0.15, -0.1) is 0 Å². The number of carbonyl (C=O) groups is 2. The molecule has 0 N–H and O–H groups in total. The predicted octanol–water partition coefficient (Wildman–Crippen LogP) is 6.49. The van der Waals surface area contributed by atoms with E-state index in [-0.39, 0.29) is 11.6 Å². The molecule has 6 nitrogen and oxygen atoms in total. The van der Waals surface area contributed by atoms with Crippen LogP contribution in [0.1, 0.15) is 31.8 Å². The van der Waals surface area contributed by atoms with E-state index < -0.39 is 66.5 Å². The molecule has 0 radical (unpaired) electrons. The lowest BCUT2D eigenvalue weighted by Gasteiger charge is -2.26. The van der Waals surface area contributed by atoms with Crippen LogP contribution in [0.3, 0.4) is 0 Å². The van der Waals surface area contributed by atoms with Crippen molar-refractivity contribution in [2.24, 2.45) is 0 Å². The summed E-state index contributed by atoms with van der Waals surface area (Å²) in [5.41, 5.74) is 1.99. The molecule has 6 aromatic carbocycles. The average molecular weight is 930 g/mol. The maximum absolute atomic E-state index is 14.9. The van der Waals surface area contributed by atoms with E-state index in [0.717, 1.165) is 21.5 Å². The third-order valence-electron chi connectivity index (χ3n) is 14.6. The van der Waals surface area contributed by atoms with Crippen molar-refractivity contribution >= 4 is 163 Å². The summed E-state index contributed by atoms with van der Waals surface area (Å²) in [7, 11) is -18.0. The van der Waals surface area contributed by atoms with Crippen LogP contribution in [0.5, 0.6) is 0 Å². The molecule has 1 aliphatic carbocycles. The first-order chi connectivity index (χ1) is 27.5. The molecule has 0 spiro atoms. The zero-order chi connectivity index (χ0) is 43.2. The molecule has 308 valence electrons. The first-order valence-corrected chi connectivity index (χ1v) is 44.9. The molecule has 0 bridgehead atoms. The monoisotopic (exact) mass is 928 g/mol. The molecule has 60 heavy (non-hydrogen) atoms. The Morgan fingerprint density at radius 3 is 0.617 bits per heavy atom. The van der Waals surface area contributed by atoms with Gasteiger partial charge in [-0.05, 0) is 238 Å². The van der Waals surface area contributed by atoms with Crippen LogP contribution >= 0.6 is 0 Å². The molecular weight excluding hydrogens is 873 g/mol. The highest BCUT2D eigenvalue weighted by Gasteiger charge is 2.59. The van der Waals surface area contributed by atoms with E-state index in [1.165, 1.54) is 63.0 Å². The minimum absolute atomic E-state index is 0.0792. The second-order valence-electron chi connectivity index (χ2n) is 22.4. The van der Waals surface area contributed by atoms with Crippen molar-refractivity contribution in [3.63, 3.8) is 0 Å². The Labute approximate surface area is 362 Å².